The Morgan fingerprint density at radius 2 is 1.54 bits per heavy atom. The molecule has 0 saturated heterocycles. The highest BCUT2D eigenvalue weighted by molar-refractivity contribution is 5.98. The minimum atomic E-state index is -0.797. The smallest absolute Gasteiger partial charge is 0.246 e. The summed E-state index contributed by atoms with van der Waals surface area (Å²) >= 11 is 0. The molecule has 2 aromatic rings. The maximum atomic E-state index is 13.4. The average Bonchev–Trinajstić information content (AvgIpc) is 2.91. The molecule has 0 aliphatic rings. The molecule has 0 fully saturated rings. The van der Waals surface area contributed by atoms with Gasteiger partial charge in [-0.05, 0) is 55.5 Å². The van der Waals surface area contributed by atoms with Gasteiger partial charge in [-0.2, -0.15) is 0 Å². The summed E-state index contributed by atoms with van der Waals surface area (Å²) in [5.41, 5.74) is 7.86. The van der Waals surface area contributed by atoms with E-state index >= 15 is 0 Å². The fourth-order valence-electron chi connectivity index (χ4n) is 3.99. The predicted molar refractivity (Wildman–Crippen MR) is 147 cm³/mol. The van der Waals surface area contributed by atoms with Crippen molar-refractivity contribution in [3.63, 3.8) is 0 Å². The van der Waals surface area contributed by atoms with E-state index in [0.717, 1.165) is 43.2 Å². The van der Waals surface area contributed by atoms with Gasteiger partial charge >= 0.3 is 0 Å². The average molecular weight is 511 g/mol. The molecule has 2 atom stereocenters. The first kappa shape index (κ1) is 30.0. The lowest BCUT2D eigenvalue weighted by Crippen LogP contribution is -2.53. The first-order valence-electron chi connectivity index (χ1n) is 13.3. The predicted octanol–water partition coefficient (Wildman–Crippen LogP) is 3.43. The second-order valence-corrected chi connectivity index (χ2v) is 9.31. The summed E-state index contributed by atoms with van der Waals surface area (Å²) in [6.07, 6.45) is 6.42. The molecule has 0 unspecified atom stereocenters. The number of hydrogen-bond acceptors (Lipinski definition) is 5. The summed E-state index contributed by atoms with van der Waals surface area (Å²) in [6, 6.07) is 14.8. The van der Waals surface area contributed by atoms with Crippen LogP contribution in [0.25, 0.3) is 0 Å². The number of unbranched alkanes of at least 4 members (excludes halogenated alkanes) is 4. The number of carbonyl (C=O) groups excluding carboxylic acids is 3. The fraction of sp³-hybridized carbons (Fsp3) is 0.483. The van der Waals surface area contributed by atoms with Gasteiger partial charge in [-0.3, -0.25) is 14.4 Å². The lowest BCUT2D eigenvalue weighted by atomic mass is 10.0. The Hall–Kier alpha value is -3.23. The van der Waals surface area contributed by atoms with Crippen molar-refractivity contribution >= 4 is 23.4 Å². The number of aliphatic hydroxyl groups excluding tert-OH is 1. The molecule has 3 amide bonds. The zero-order chi connectivity index (χ0) is 26.9. The van der Waals surface area contributed by atoms with E-state index in [1.807, 2.05) is 30.3 Å². The lowest BCUT2D eigenvalue weighted by Gasteiger charge is -2.23. The standard InChI is InChI=1S/C29H42N4O4/c1-2-3-4-8-14-27(35)32-26(20-22-11-6-5-7-12-22)29(37)33-25(13-9-10-19-30)28(36)31-24-17-15-23(21-34)16-18-24/h5-7,11-12,15-18,25-26,34H,2-4,8-10,13-14,19-21,30H2,1H3,(H,31,36)(H,32,35)(H,33,37)/t25-,26-/m0/s1. The van der Waals surface area contributed by atoms with Gasteiger partial charge in [-0.25, -0.2) is 0 Å². The van der Waals surface area contributed by atoms with E-state index in [1.54, 1.807) is 24.3 Å². The van der Waals surface area contributed by atoms with Crippen molar-refractivity contribution < 1.29 is 19.5 Å². The van der Waals surface area contributed by atoms with Gasteiger partial charge in [0.2, 0.25) is 17.7 Å². The van der Waals surface area contributed by atoms with Crippen LogP contribution in [0.5, 0.6) is 0 Å². The van der Waals surface area contributed by atoms with Gasteiger partial charge in [0.15, 0.2) is 0 Å². The fourth-order valence-corrected chi connectivity index (χ4v) is 3.99. The van der Waals surface area contributed by atoms with Crippen LogP contribution in [0, 0.1) is 0 Å². The van der Waals surface area contributed by atoms with Crippen LogP contribution in [0.15, 0.2) is 54.6 Å². The number of hydrogen-bond donors (Lipinski definition) is 5. The van der Waals surface area contributed by atoms with E-state index < -0.39 is 18.0 Å². The van der Waals surface area contributed by atoms with Crippen molar-refractivity contribution in [3.05, 3.63) is 65.7 Å². The third kappa shape index (κ3) is 11.6. The van der Waals surface area contributed by atoms with E-state index in [9.17, 15) is 19.5 Å². The highest BCUT2D eigenvalue weighted by atomic mass is 16.3. The van der Waals surface area contributed by atoms with E-state index in [1.165, 1.54) is 0 Å². The zero-order valence-electron chi connectivity index (χ0n) is 21.9. The van der Waals surface area contributed by atoms with E-state index in [4.69, 9.17) is 5.73 Å². The topological polar surface area (TPSA) is 134 Å². The van der Waals surface area contributed by atoms with E-state index in [0.29, 0.717) is 37.9 Å². The van der Waals surface area contributed by atoms with E-state index in [-0.39, 0.29) is 18.4 Å². The van der Waals surface area contributed by atoms with Gasteiger partial charge < -0.3 is 26.8 Å². The van der Waals surface area contributed by atoms with Crippen LogP contribution in [0.2, 0.25) is 0 Å². The first-order valence-corrected chi connectivity index (χ1v) is 13.3. The highest BCUT2D eigenvalue weighted by Crippen LogP contribution is 2.12. The van der Waals surface area contributed by atoms with Gasteiger partial charge in [0.05, 0.1) is 6.61 Å². The van der Waals surface area contributed by atoms with Crippen molar-refractivity contribution in [2.45, 2.75) is 83.4 Å². The quantitative estimate of drug-likeness (QED) is 0.208. The molecule has 0 radical (unpaired) electrons. The summed E-state index contributed by atoms with van der Waals surface area (Å²) in [6.45, 7) is 2.53. The van der Waals surface area contributed by atoms with Crippen molar-refractivity contribution in [1.82, 2.24) is 10.6 Å². The van der Waals surface area contributed by atoms with Gasteiger partial charge in [0, 0.05) is 18.5 Å². The minimum Gasteiger partial charge on any atom is -0.392 e. The third-order valence-electron chi connectivity index (χ3n) is 6.18. The van der Waals surface area contributed by atoms with Crippen molar-refractivity contribution in [2.75, 3.05) is 11.9 Å². The van der Waals surface area contributed by atoms with Crippen molar-refractivity contribution in [2.24, 2.45) is 5.73 Å². The number of carbonyl (C=O) groups is 3. The molecular formula is C29H42N4O4. The summed E-state index contributed by atoms with van der Waals surface area (Å²) in [4.78, 5) is 39.1. The Morgan fingerprint density at radius 1 is 0.811 bits per heavy atom. The molecule has 0 saturated carbocycles. The molecule has 202 valence electrons. The SMILES string of the molecule is CCCCCCC(=O)N[C@@H](Cc1ccccc1)C(=O)N[C@@H](CCCCN)C(=O)Nc1ccc(CO)cc1. The van der Waals surface area contributed by atoms with Crippen LogP contribution in [-0.2, 0) is 27.4 Å². The molecular weight excluding hydrogens is 468 g/mol. The van der Waals surface area contributed by atoms with Crippen LogP contribution in [0.3, 0.4) is 0 Å². The molecule has 0 aliphatic carbocycles. The number of rotatable bonds is 17. The highest BCUT2D eigenvalue weighted by Gasteiger charge is 2.27. The molecule has 2 aromatic carbocycles. The molecule has 0 aliphatic heterocycles. The van der Waals surface area contributed by atoms with Gasteiger partial charge in [0.1, 0.15) is 12.1 Å². The molecule has 8 nitrogen and oxygen atoms in total. The number of benzene rings is 2. The summed E-state index contributed by atoms with van der Waals surface area (Å²) in [5, 5.41) is 17.8. The second-order valence-electron chi connectivity index (χ2n) is 9.31. The maximum Gasteiger partial charge on any atom is 0.246 e. The number of nitrogens with one attached hydrogen (secondary N) is 3. The summed E-state index contributed by atoms with van der Waals surface area (Å²) < 4.78 is 0. The monoisotopic (exact) mass is 510 g/mol. The Morgan fingerprint density at radius 3 is 2.19 bits per heavy atom. The van der Waals surface area contributed by atoms with Crippen molar-refractivity contribution in [1.29, 1.82) is 0 Å². The Bertz CT molecular complexity index is 950. The maximum absolute atomic E-state index is 13.4. The molecule has 0 bridgehead atoms. The molecule has 2 rings (SSSR count). The normalized spacial score (nSPS) is 12.4. The molecule has 0 aromatic heterocycles. The van der Waals surface area contributed by atoms with Crippen molar-refractivity contribution in [3.8, 4) is 0 Å². The first-order chi connectivity index (χ1) is 18.0. The summed E-state index contributed by atoms with van der Waals surface area (Å²) in [5.74, 6) is -0.902. The molecule has 6 N–H and O–H groups in total. The molecule has 37 heavy (non-hydrogen) atoms. The Kier molecular flexibility index (Phi) is 14.0. The second kappa shape index (κ2) is 17.3. The zero-order valence-corrected chi connectivity index (χ0v) is 21.9. The van der Waals surface area contributed by atoms with E-state index in [2.05, 4.69) is 22.9 Å². The Balaban J connectivity index is 2.11. The van der Waals surface area contributed by atoms with Crippen LogP contribution in [-0.4, -0.2) is 41.5 Å². The number of nitrogens with two attached hydrogens (primary N) is 1. The molecule has 0 spiro atoms. The van der Waals surface area contributed by atoms with Crippen LogP contribution >= 0.6 is 0 Å². The third-order valence-corrected chi connectivity index (χ3v) is 6.18. The Labute approximate surface area is 220 Å². The van der Waals surface area contributed by atoms with Crippen LogP contribution < -0.4 is 21.7 Å². The lowest BCUT2D eigenvalue weighted by molar-refractivity contribution is -0.131. The van der Waals surface area contributed by atoms with Gasteiger partial charge in [-0.15, -0.1) is 0 Å². The number of anilines is 1. The number of aliphatic hydroxyl groups is 1. The van der Waals surface area contributed by atoms with Crippen LogP contribution in [0.4, 0.5) is 5.69 Å². The minimum absolute atomic E-state index is 0.0842. The molecule has 0 heterocycles. The summed E-state index contributed by atoms with van der Waals surface area (Å²) in [7, 11) is 0. The van der Waals surface area contributed by atoms with Gasteiger partial charge in [0.25, 0.3) is 0 Å². The van der Waals surface area contributed by atoms with Crippen LogP contribution in [0.1, 0.15) is 69.4 Å². The largest absolute Gasteiger partial charge is 0.392 e. The molecule has 8 heteroatoms. The number of amides is 3. The van der Waals surface area contributed by atoms with Gasteiger partial charge in [-0.1, -0.05) is 68.7 Å².